The molecule has 0 radical (unpaired) electrons. The van der Waals surface area contributed by atoms with Gasteiger partial charge >= 0.3 is 6.36 Å². The van der Waals surface area contributed by atoms with Gasteiger partial charge in [-0.15, -0.1) is 13.2 Å². The molecule has 0 saturated heterocycles. The maximum absolute atomic E-state index is 12.3. The highest BCUT2D eigenvalue weighted by atomic mass is 19.4. The van der Waals surface area contributed by atoms with Crippen LogP contribution >= 0.6 is 0 Å². The first-order valence-corrected chi connectivity index (χ1v) is 8.26. The lowest BCUT2D eigenvalue weighted by Crippen LogP contribution is -2.20. The summed E-state index contributed by atoms with van der Waals surface area (Å²) >= 11 is 0. The van der Waals surface area contributed by atoms with Gasteiger partial charge in [0.25, 0.3) is 5.91 Å². The zero-order valence-corrected chi connectivity index (χ0v) is 14.8. The number of fused-ring (bicyclic) bond motifs is 1. The molecule has 4 N–H and O–H groups in total. The summed E-state index contributed by atoms with van der Waals surface area (Å²) in [6.07, 6.45) is -3.68. The van der Waals surface area contributed by atoms with E-state index < -0.39 is 18.2 Å². The number of ether oxygens (including phenoxy) is 1. The predicted molar refractivity (Wildman–Crippen MR) is 98.8 cm³/mol. The van der Waals surface area contributed by atoms with Crippen molar-refractivity contribution in [3.8, 4) is 16.9 Å². The Morgan fingerprint density at radius 2 is 1.90 bits per heavy atom. The van der Waals surface area contributed by atoms with E-state index in [1.807, 2.05) is 0 Å². The van der Waals surface area contributed by atoms with Gasteiger partial charge in [-0.2, -0.15) is 0 Å². The first-order chi connectivity index (χ1) is 13.7. The van der Waals surface area contributed by atoms with Crippen molar-refractivity contribution >= 4 is 22.8 Å². The highest BCUT2D eigenvalue weighted by molar-refractivity contribution is 6.07. The minimum Gasteiger partial charge on any atom is -0.406 e. The predicted octanol–water partition coefficient (Wildman–Crippen LogP) is 3.03. The van der Waals surface area contributed by atoms with Crippen molar-refractivity contribution in [3.05, 3.63) is 60.4 Å². The van der Waals surface area contributed by atoms with Gasteiger partial charge in [-0.05, 0) is 29.8 Å². The van der Waals surface area contributed by atoms with Crippen LogP contribution in [0.1, 0.15) is 16.2 Å². The smallest absolute Gasteiger partial charge is 0.406 e. The zero-order chi connectivity index (χ0) is 21.2. The number of halogens is 3. The van der Waals surface area contributed by atoms with Crippen LogP contribution in [0, 0.1) is 0 Å². The van der Waals surface area contributed by atoms with Gasteiger partial charge in [-0.1, -0.05) is 24.8 Å². The van der Waals surface area contributed by atoms with E-state index in [1.54, 1.807) is 6.07 Å². The molecule has 29 heavy (non-hydrogen) atoms. The number of aromatic nitrogens is 2. The normalized spacial score (nSPS) is 11.3. The van der Waals surface area contributed by atoms with Crippen LogP contribution in [0.15, 0.2) is 49.1 Å². The number of benzene rings is 2. The first kappa shape index (κ1) is 19.9. The van der Waals surface area contributed by atoms with Crippen LogP contribution in [-0.4, -0.2) is 28.1 Å². The second kappa shape index (κ2) is 7.66. The van der Waals surface area contributed by atoms with Crippen LogP contribution < -0.4 is 15.8 Å². The topological polar surface area (TPSA) is 110 Å². The Hall–Kier alpha value is -3.82. The molecular weight excluding hydrogens is 389 g/mol. The van der Waals surface area contributed by atoms with Gasteiger partial charge in [-0.3, -0.25) is 9.59 Å². The average molecular weight is 404 g/mol. The molecule has 0 saturated carbocycles. The second-order valence-electron chi connectivity index (χ2n) is 5.93. The summed E-state index contributed by atoms with van der Waals surface area (Å²) in [6, 6.07) is 8.33. The van der Waals surface area contributed by atoms with E-state index in [1.165, 1.54) is 30.3 Å². The molecule has 0 aliphatic heterocycles. The maximum atomic E-state index is 12.3. The Morgan fingerprint density at radius 3 is 2.48 bits per heavy atom. The molecule has 1 heterocycles. The number of H-pyrrole nitrogens is 1. The Morgan fingerprint density at radius 1 is 1.21 bits per heavy atom. The van der Waals surface area contributed by atoms with E-state index in [0.29, 0.717) is 22.5 Å². The fourth-order valence-corrected chi connectivity index (χ4v) is 2.74. The number of rotatable bonds is 6. The van der Waals surface area contributed by atoms with E-state index in [4.69, 9.17) is 5.73 Å². The summed E-state index contributed by atoms with van der Waals surface area (Å²) in [4.78, 5) is 30.4. The molecule has 0 aliphatic rings. The van der Waals surface area contributed by atoms with Crippen molar-refractivity contribution in [1.29, 1.82) is 0 Å². The lowest BCUT2D eigenvalue weighted by Gasteiger charge is -2.10. The maximum Gasteiger partial charge on any atom is 0.573 e. The van der Waals surface area contributed by atoms with Gasteiger partial charge in [0.1, 0.15) is 17.1 Å². The molecule has 2 amide bonds. The lowest BCUT2D eigenvalue weighted by atomic mass is 10.0. The molecule has 0 spiro atoms. The highest BCUT2D eigenvalue weighted by Crippen LogP contribution is 2.31. The van der Waals surface area contributed by atoms with Crippen molar-refractivity contribution in [2.45, 2.75) is 12.9 Å². The summed E-state index contributed by atoms with van der Waals surface area (Å²) < 4.78 is 40.9. The molecule has 0 aliphatic carbocycles. The molecule has 3 rings (SSSR count). The molecule has 1 aromatic heterocycles. The number of primary amides is 1. The van der Waals surface area contributed by atoms with Gasteiger partial charge in [0.05, 0.1) is 17.6 Å². The summed E-state index contributed by atoms with van der Waals surface area (Å²) in [5.74, 6) is -1.09. The summed E-state index contributed by atoms with van der Waals surface area (Å²) in [5.41, 5.74) is 7.45. The Labute approximate surface area is 162 Å². The number of nitrogens with one attached hydrogen (secondary N) is 2. The van der Waals surface area contributed by atoms with Crippen molar-refractivity contribution in [1.82, 2.24) is 15.3 Å². The largest absolute Gasteiger partial charge is 0.573 e. The minimum atomic E-state index is -4.79. The summed E-state index contributed by atoms with van der Waals surface area (Å²) in [5, 5.41) is 2.56. The molecule has 0 bridgehead atoms. The number of amides is 2. The monoisotopic (exact) mass is 404 g/mol. The lowest BCUT2D eigenvalue weighted by molar-refractivity contribution is -0.274. The van der Waals surface area contributed by atoms with Gasteiger partial charge < -0.3 is 20.8 Å². The number of imidazole rings is 1. The number of hydrogen-bond donors (Lipinski definition) is 3. The van der Waals surface area contributed by atoms with Crippen LogP contribution in [0.3, 0.4) is 0 Å². The van der Waals surface area contributed by atoms with Gasteiger partial charge in [0.15, 0.2) is 0 Å². The quantitative estimate of drug-likeness (QED) is 0.549. The summed E-state index contributed by atoms with van der Waals surface area (Å²) in [7, 11) is 0. The number of nitrogens with zero attached hydrogens (tertiary/aromatic N) is 1. The highest BCUT2D eigenvalue weighted by Gasteiger charge is 2.31. The van der Waals surface area contributed by atoms with Crippen LogP contribution in [0.5, 0.6) is 5.75 Å². The third kappa shape index (κ3) is 4.54. The molecule has 0 fully saturated rings. The van der Waals surface area contributed by atoms with Gasteiger partial charge in [0.2, 0.25) is 5.91 Å². The molecule has 10 heteroatoms. The zero-order valence-electron chi connectivity index (χ0n) is 14.8. The molecule has 0 unspecified atom stereocenters. The molecular formula is C19H15F3N4O3. The van der Waals surface area contributed by atoms with Crippen LogP contribution in [0.2, 0.25) is 0 Å². The molecule has 3 aromatic rings. The van der Waals surface area contributed by atoms with E-state index in [2.05, 4.69) is 26.6 Å². The van der Waals surface area contributed by atoms with Crippen molar-refractivity contribution < 1.29 is 27.5 Å². The van der Waals surface area contributed by atoms with E-state index in [-0.39, 0.29) is 23.4 Å². The first-order valence-electron chi connectivity index (χ1n) is 8.26. The van der Waals surface area contributed by atoms with Crippen molar-refractivity contribution in [2.24, 2.45) is 5.73 Å². The van der Waals surface area contributed by atoms with E-state index in [9.17, 15) is 22.8 Å². The van der Waals surface area contributed by atoms with Gasteiger partial charge in [-0.25, -0.2) is 4.98 Å². The standard InChI is InChI=1S/C19H15F3N4O3/c1-2-15(27)24-9-14-25-16-12(7-8-13(18(23)28)17(16)26-14)10-3-5-11(6-4-10)29-19(20,21)22/h2-8H,1,9H2,(H2,23,28)(H,24,27)(H,25,26). The van der Waals surface area contributed by atoms with E-state index in [0.717, 1.165) is 6.08 Å². The Bertz CT molecular complexity index is 1090. The molecule has 2 aromatic carbocycles. The SMILES string of the molecule is C=CC(=O)NCc1nc2c(C(N)=O)ccc(-c3ccc(OC(F)(F)F)cc3)c2[nH]1. The fraction of sp³-hybridized carbons (Fsp3) is 0.105. The van der Waals surface area contributed by atoms with E-state index >= 15 is 0 Å². The third-order valence-corrected chi connectivity index (χ3v) is 3.97. The minimum absolute atomic E-state index is 0.0511. The Balaban J connectivity index is 2.02. The summed E-state index contributed by atoms with van der Waals surface area (Å²) in [6.45, 7) is 3.40. The number of carbonyl (C=O) groups is 2. The molecule has 7 nitrogen and oxygen atoms in total. The average Bonchev–Trinajstić information content (AvgIpc) is 3.08. The van der Waals surface area contributed by atoms with Crippen LogP contribution in [0.4, 0.5) is 13.2 Å². The number of alkyl halides is 3. The van der Waals surface area contributed by atoms with Gasteiger partial charge in [0, 0.05) is 5.56 Å². The van der Waals surface area contributed by atoms with Crippen molar-refractivity contribution in [3.63, 3.8) is 0 Å². The van der Waals surface area contributed by atoms with Crippen LogP contribution in [-0.2, 0) is 11.3 Å². The molecule has 0 atom stereocenters. The Kier molecular flexibility index (Phi) is 5.26. The fourth-order valence-electron chi connectivity index (χ4n) is 2.74. The molecule has 150 valence electrons. The number of hydrogen-bond acceptors (Lipinski definition) is 4. The number of carbonyl (C=O) groups excluding carboxylic acids is 2. The van der Waals surface area contributed by atoms with Crippen LogP contribution in [0.25, 0.3) is 22.2 Å². The van der Waals surface area contributed by atoms with Crippen molar-refractivity contribution in [2.75, 3.05) is 0 Å². The number of aromatic amines is 1. The third-order valence-electron chi connectivity index (χ3n) is 3.97. The number of nitrogens with two attached hydrogens (primary N) is 1. The second-order valence-corrected chi connectivity index (χ2v) is 5.93.